The molecule has 0 radical (unpaired) electrons. The van der Waals surface area contributed by atoms with Gasteiger partial charge in [0.1, 0.15) is 5.82 Å². The van der Waals surface area contributed by atoms with E-state index in [2.05, 4.69) is 53.0 Å². The summed E-state index contributed by atoms with van der Waals surface area (Å²) in [6.07, 6.45) is 0. The quantitative estimate of drug-likeness (QED) is 0.740. The third kappa shape index (κ3) is 3.57. The molecule has 1 nitrogen and oxygen atoms in total. The van der Waals surface area contributed by atoms with Crippen LogP contribution in [0, 0.1) is 12.7 Å². The van der Waals surface area contributed by atoms with Crippen LogP contribution in [0.3, 0.4) is 0 Å². The third-order valence-corrected chi connectivity index (χ3v) is 3.81. The molecule has 0 N–H and O–H groups in total. The average molecular weight is 322 g/mol. The molecule has 2 aromatic carbocycles. The summed E-state index contributed by atoms with van der Waals surface area (Å²) in [6.45, 7) is 2.89. The van der Waals surface area contributed by atoms with Gasteiger partial charge in [0.2, 0.25) is 0 Å². The van der Waals surface area contributed by atoms with E-state index < -0.39 is 0 Å². The normalized spacial score (nSPS) is 10.5. The van der Waals surface area contributed by atoms with Gasteiger partial charge in [-0.2, -0.15) is 0 Å². The zero-order valence-corrected chi connectivity index (χ0v) is 12.7. The van der Waals surface area contributed by atoms with Crippen molar-refractivity contribution < 1.29 is 4.39 Å². The molecule has 0 aliphatic carbocycles. The second-order valence-corrected chi connectivity index (χ2v) is 5.30. The Morgan fingerprint density at radius 1 is 1.05 bits per heavy atom. The number of benzene rings is 2. The standard InChI is InChI=1S/C16H17BrFN/c1-12-9-14(10-17)5-8-16(12)19(2)11-13-3-6-15(18)7-4-13/h3-9H,10-11H2,1-2H3. The van der Waals surface area contributed by atoms with Gasteiger partial charge in [-0.3, -0.25) is 0 Å². The Morgan fingerprint density at radius 3 is 2.26 bits per heavy atom. The molecule has 0 saturated heterocycles. The molecule has 2 rings (SSSR count). The van der Waals surface area contributed by atoms with Crippen molar-refractivity contribution in [2.75, 3.05) is 11.9 Å². The number of anilines is 1. The Morgan fingerprint density at radius 2 is 1.68 bits per heavy atom. The number of hydrogen-bond acceptors (Lipinski definition) is 1. The lowest BCUT2D eigenvalue weighted by atomic mass is 10.1. The summed E-state index contributed by atoms with van der Waals surface area (Å²) >= 11 is 3.46. The molecule has 0 aliphatic rings. The summed E-state index contributed by atoms with van der Waals surface area (Å²) in [4.78, 5) is 2.18. The highest BCUT2D eigenvalue weighted by Crippen LogP contribution is 2.22. The minimum atomic E-state index is -0.191. The summed E-state index contributed by atoms with van der Waals surface area (Å²) in [7, 11) is 2.06. The molecular formula is C16H17BrFN. The van der Waals surface area contributed by atoms with Gasteiger partial charge in [0.15, 0.2) is 0 Å². The molecule has 2 aromatic rings. The number of alkyl halides is 1. The van der Waals surface area contributed by atoms with E-state index in [1.54, 1.807) is 0 Å². The van der Waals surface area contributed by atoms with Gasteiger partial charge < -0.3 is 4.90 Å². The van der Waals surface area contributed by atoms with Crippen LogP contribution in [0.5, 0.6) is 0 Å². The molecule has 0 amide bonds. The Kier molecular flexibility index (Phi) is 4.59. The number of halogens is 2. The van der Waals surface area contributed by atoms with E-state index in [0.717, 1.165) is 17.4 Å². The van der Waals surface area contributed by atoms with Crippen LogP contribution in [0.25, 0.3) is 0 Å². The van der Waals surface area contributed by atoms with Crippen LogP contribution < -0.4 is 4.90 Å². The minimum Gasteiger partial charge on any atom is -0.370 e. The fraction of sp³-hybridized carbons (Fsp3) is 0.250. The Hall–Kier alpha value is -1.35. The van der Waals surface area contributed by atoms with Gasteiger partial charge in [-0.15, -0.1) is 0 Å². The summed E-state index contributed by atoms with van der Waals surface area (Å²) in [5, 5.41) is 0.871. The Labute approximate surface area is 122 Å². The lowest BCUT2D eigenvalue weighted by Crippen LogP contribution is -2.17. The van der Waals surface area contributed by atoms with Crippen LogP contribution in [0.15, 0.2) is 42.5 Å². The van der Waals surface area contributed by atoms with Crippen LogP contribution in [0.4, 0.5) is 10.1 Å². The molecule has 0 spiro atoms. The van der Waals surface area contributed by atoms with E-state index in [0.29, 0.717) is 0 Å². The second-order valence-electron chi connectivity index (χ2n) is 4.74. The molecule has 0 aliphatic heterocycles. The van der Waals surface area contributed by atoms with Gasteiger partial charge in [-0.1, -0.05) is 40.2 Å². The maximum Gasteiger partial charge on any atom is 0.123 e. The van der Waals surface area contributed by atoms with Crippen molar-refractivity contribution in [1.29, 1.82) is 0 Å². The predicted octanol–water partition coefficient (Wildman–Crippen LogP) is 4.67. The summed E-state index contributed by atoms with van der Waals surface area (Å²) in [6, 6.07) is 13.1. The van der Waals surface area contributed by atoms with Gasteiger partial charge in [0.25, 0.3) is 0 Å². The SMILES string of the molecule is Cc1cc(CBr)ccc1N(C)Cc1ccc(F)cc1. The largest absolute Gasteiger partial charge is 0.370 e. The van der Waals surface area contributed by atoms with Crippen LogP contribution in [0.2, 0.25) is 0 Å². The van der Waals surface area contributed by atoms with Crippen molar-refractivity contribution in [3.63, 3.8) is 0 Å². The molecule has 0 saturated carbocycles. The number of nitrogens with zero attached hydrogens (tertiary/aromatic N) is 1. The van der Waals surface area contributed by atoms with Crippen molar-refractivity contribution in [2.24, 2.45) is 0 Å². The molecule has 0 fully saturated rings. The minimum absolute atomic E-state index is 0.191. The van der Waals surface area contributed by atoms with Crippen LogP contribution in [-0.2, 0) is 11.9 Å². The Balaban J connectivity index is 2.15. The monoisotopic (exact) mass is 321 g/mol. The van der Waals surface area contributed by atoms with E-state index in [9.17, 15) is 4.39 Å². The highest BCUT2D eigenvalue weighted by atomic mass is 79.9. The maximum absolute atomic E-state index is 12.9. The van der Waals surface area contributed by atoms with Gasteiger partial charge in [0.05, 0.1) is 0 Å². The highest BCUT2D eigenvalue weighted by Gasteiger charge is 2.06. The number of rotatable bonds is 4. The molecule has 0 bridgehead atoms. The van der Waals surface area contributed by atoms with Crippen molar-refractivity contribution in [2.45, 2.75) is 18.8 Å². The van der Waals surface area contributed by atoms with Crippen LogP contribution in [-0.4, -0.2) is 7.05 Å². The molecule has 3 heteroatoms. The smallest absolute Gasteiger partial charge is 0.123 e. The molecule has 0 unspecified atom stereocenters. The molecule has 0 aromatic heterocycles. The topological polar surface area (TPSA) is 3.24 Å². The molecule has 0 atom stereocenters. The molecular weight excluding hydrogens is 305 g/mol. The summed E-state index contributed by atoms with van der Waals surface area (Å²) in [5.41, 5.74) is 4.83. The van der Waals surface area contributed by atoms with E-state index >= 15 is 0 Å². The average Bonchev–Trinajstić information content (AvgIpc) is 2.41. The van der Waals surface area contributed by atoms with E-state index in [1.165, 1.54) is 28.9 Å². The molecule has 0 heterocycles. The fourth-order valence-electron chi connectivity index (χ4n) is 2.18. The zero-order valence-electron chi connectivity index (χ0n) is 11.2. The first-order chi connectivity index (χ1) is 9.10. The molecule has 19 heavy (non-hydrogen) atoms. The van der Waals surface area contributed by atoms with Crippen LogP contribution >= 0.6 is 15.9 Å². The zero-order chi connectivity index (χ0) is 13.8. The lowest BCUT2D eigenvalue weighted by Gasteiger charge is -2.22. The van der Waals surface area contributed by atoms with Gasteiger partial charge in [-0.25, -0.2) is 4.39 Å². The van der Waals surface area contributed by atoms with Crippen LogP contribution in [0.1, 0.15) is 16.7 Å². The number of hydrogen-bond donors (Lipinski definition) is 0. The van der Waals surface area contributed by atoms with E-state index in [1.807, 2.05) is 12.1 Å². The van der Waals surface area contributed by atoms with Crippen molar-refractivity contribution in [3.8, 4) is 0 Å². The highest BCUT2D eigenvalue weighted by molar-refractivity contribution is 9.08. The summed E-state index contributed by atoms with van der Waals surface area (Å²) in [5.74, 6) is -0.191. The first-order valence-corrected chi connectivity index (χ1v) is 7.33. The first-order valence-electron chi connectivity index (χ1n) is 6.21. The maximum atomic E-state index is 12.9. The fourth-order valence-corrected chi connectivity index (χ4v) is 2.53. The van der Waals surface area contributed by atoms with Gasteiger partial charge in [-0.05, 0) is 41.8 Å². The van der Waals surface area contributed by atoms with Gasteiger partial charge in [0, 0.05) is 24.6 Å². The molecule has 100 valence electrons. The van der Waals surface area contributed by atoms with Crippen molar-refractivity contribution in [3.05, 3.63) is 65.0 Å². The predicted molar refractivity (Wildman–Crippen MR) is 82.3 cm³/mol. The van der Waals surface area contributed by atoms with E-state index in [-0.39, 0.29) is 5.82 Å². The van der Waals surface area contributed by atoms with Crippen molar-refractivity contribution >= 4 is 21.6 Å². The Bertz CT molecular complexity index is 551. The third-order valence-electron chi connectivity index (χ3n) is 3.16. The van der Waals surface area contributed by atoms with Crippen molar-refractivity contribution in [1.82, 2.24) is 0 Å². The lowest BCUT2D eigenvalue weighted by molar-refractivity contribution is 0.627. The summed E-state index contributed by atoms with van der Waals surface area (Å²) < 4.78 is 12.9. The van der Waals surface area contributed by atoms with E-state index in [4.69, 9.17) is 0 Å². The van der Waals surface area contributed by atoms with Gasteiger partial charge >= 0.3 is 0 Å². The second kappa shape index (κ2) is 6.20. The first kappa shape index (κ1) is 14.1. The number of aryl methyl sites for hydroxylation is 1.